The second-order valence-corrected chi connectivity index (χ2v) is 7.06. The number of amides is 1. The Kier molecular flexibility index (Phi) is 4.45. The molecule has 0 bridgehead atoms. The standard InChI is InChI=1S/C17H26N2O2/c1-17(2,3)12-5-4-9-19(10-8-12)16(21)14-11-13(20)6-7-15(14)18/h6-7,11-12,20H,4-5,8-10,18H2,1-3H3. The first kappa shape index (κ1) is 15.7. The summed E-state index contributed by atoms with van der Waals surface area (Å²) in [6.07, 6.45) is 3.20. The van der Waals surface area contributed by atoms with Crippen molar-refractivity contribution in [3.05, 3.63) is 23.8 Å². The maximum Gasteiger partial charge on any atom is 0.256 e. The van der Waals surface area contributed by atoms with Gasteiger partial charge in [0.25, 0.3) is 5.91 Å². The van der Waals surface area contributed by atoms with E-state index in [0.29, 0.717) is 17.2 Å². The zero-order valence-corrected chi connectivity index (χ0v) is 13.2. The molecule has 0 radical (unpaired) electrons. The second kappa shape index (κ2) is 5.96. The number of rotatable bonds is 1. The molecule has 2 rings (SSSR count). The summed E-state index contributed by atoms with van der Waals surface area (Å²) < 4.78 is 0. The van der Waals surface area contributed by atoms with E-state index in [1.54, 1.807) is 6.07 Å². The van der Waals surface area contributed by atoms with Crippen LogP contribution >= 0.6 is 0 Å². The number of aromatic hydroxyl groups is 1. The van der Waals surface area contributed by atoms with Crippen molar-refractivity contribution in [3.63, 3.8) is 0 Å². The van der Waals surface area contributed by atoms with Gasteiger partial charge in [-0.25, -0.2) is 0 Å². The number of nitrogens with two attached hydrogens (primary N) is 1. The third-order valence-corrected chi connectivity index (χ3v) is 4.51. The Morgan fingerprint density at radius 2 is 2.00 bits per heavy atom. The second-order valence-electron chi connectivity index (χ2n) is 7.06. The molecule has 0 spiro atoms. The molecule has 1 saturated heterocycles. The van der Waals surface area contributed by atoms with Gasteiger partial charge in [0.1, 0.15) is 5.75 Å². The van der Waals surface area contributed by atoms with Crippen LogP contribution in [0, 0.1) is 11.3 Å². The molecule has 0 saturated carbocycles. The van der Waals surface area contributed by atoms with Crippen molar-refractivity contribution in [3.8, 4) is 5.75 Å². The molecule has 1 aliphatic rings. The van der Waals surface area contributed by atoms with Gasteiger partial charge in [-0.1, -0.05) is 20.8 Å². The van der Waals surface area contributed by atoms with E-state index >= 15 is 0 Å². The van der Waals surface area contributed by atoms with Crippen LogP contribution in [0.15, 0.2) is 18.2 Å². The number of carbonyl (C=O) groups excluding carboxylic acids is 1. The minimum Gasteiger partial charge on any atom is -0.508 e. The molecule has 3 N–H and O–H groups in total. The normalized spacial score (nSPS) is 20.1. The van der Waals surface area contributed by atoms with Gasteiger partial charge in [0.2, 0.25) is 0 Å². The Balaban J connectivity index is 2.12. The van der Waals surface area contributed by atoms with E-state index in [0.717, 1.165) is 32.4 Å². The van der Waals surface area contributed by atoms with Crippen LogP contribution in [-0.4, -0.2) is 29.0 Å². The fraction of sp³-hybridized carbons (Fsp3) is 0.588. The van der Waals surface area contributed by atoms with Crippen molar-refractivity contribution in [1.82, 2.24) is 4.90 Å². The number of anilines is 1. The highest BCUT2D eigenvalue weighted by molar-refractivity contribution is 5.99. The molecule has 1 aromatic carbocycles. The van der Waals surface area contributed by atoms with Crippen molar-refractivity contribution in [1.29, 1.82) is 0 Å². The van der Waals surface area contributed by atoms with Crippen molar-refractivity contribution >= 4 is 11.6 Å². The first-order valence-electron chi connectivity index (χ1n) is 7.67. The van der Waals surface area contributed by atoms with Crippen LogP contribution in [0.25, 0.3) is 0 Å². The zero-order valence-electron chi connectivity index (χ0n) is 13.2. The molecular weight excluding hydrogens is 264 g/mol. The lowest BCUT2D eigenvalue weighted by Gasteiger charge is -2.29. The Labute approximate surface area is 126 Å². The summed E-state index contributed by atoms with van der Waals surface area (Å²) >= 11 is 0. The molecule has 1 aliphatic heterocycles. The van der Waals surface area contributed by atoms with Gasteiger partial charge < -0.3 is 15.7 Å². The quantitative estimate of drug-likeness (QED) is 0.616. The van der Waals surface area contributed by atoms with Gasteiger partial charge in [-0.15, -0.1) is 0 Å². The van der Waals surface area contributed by atoms with Crippen LogP contribution in [0.4, 0.5) is 5.69 Å². The number of carbonyl (C=O) groups is 1. The van der Waals surface area contributed by atoms with E-state index in [4.69, 9.17) is 5.73 Å². The van der Waals surface area contributed by atoms with Crippen LogP contribution < -0.4 is 5.73 Å². The van der Waals surface area contributed by atoms with E-state index in [9.17, 15) is 9.90 Å². The minimum absolute atomic E-state index is 0.0713. The number of phenolic OH excluding ortho intramolecular Hbond substituents is 1. The van der Waals surface area contributed by atoms with Gasteiger partial charge in [0.05, 0.1) is 5.56 Å². The maximum absolute atomic E-state index is 12.6. The van der Waals surface area contributed by atoms with Crippen LogP contribution in [-0.2, 0) is 0 Å². The number of hydrogen-bond acceptors (Lipinski definition) is 3. The molecule has 116 valence electrons. The Morgan fingerprint density at radius 1 is 1.29 bits per heavy atom. The van der Waals surface area contributed by atoms with Crippen LogP contribution in [0.1, 0.15) is 50.4 Å². The van der Waals surface area contributed by atoms with E-state index in [2.05, 4.69) is 20.8 Å². The zero-order chi connectivity index (χ0) is 15.6. The molecule has 0 aromatic heterocycles. The topological polar surface area (TPSA) is 66.6 Å². The fourth-order valence-corrected chi connectivity index (χ4v) is 3.07. The third kappa shape index (κ3) is 3.69. The third-order valence-electron chi connectivity index (χ3n) is 4.51. The monoisotopic (exact) mass is 290 g/mol. The molecule has 1 aromatic rings. The summed E-state index contributed by atoms with van der Waals surface area (Å²) in [7, 11) is 0. The molecule has 4 heteroatoms. The first-order valence-corrected chi connectivity index (χ1v) is 7.67. The number of likely N-dealkylation sites (tertiary alicyclic amines) is 1. The number of hydrogen-bond donors (Lipinski definition) is 2. The summed E-state index contributed by atoms with van der Waals surface area (Å²) in [5, 5.41) is 9.56. The van der Waals surface area contributed by atoms with Crippen LogP contribution in [0.2, 0.25) is 0 Å². The SMILES string of the molecule is CC(C)(C)C1CCCN(C(=O)c2cc(O)ccc2N)CC1. The average Bonchev–Trinajstić information content (AvgIpc) is 2.66. The lowest BCUT2D eigenvalue weighted by molar-refractivity contribution is 0.0756. The Hall–Kier alpha value is -1.71. The van der Waals surface area contributed by atoms with Gasteiger partial charge in [0, 0.05) is 18.8 Å². The van der Waals surface area contributed by atoms with Crippen molar-refractivity contribution in [2.75, 3.05) is 18.8 Å². The number of phenols is 1. The van der Waals surface area contributed by atoms with E-state index in [1.807, 2.05) is 4.90 Å². The molecule has 1 heterocycles. The smallest absolute Gasteiger partial charge is 0.256 e. The largest absolute Gasteiger partial charge is 0.508 e. The molecule has 1 unspecified atom stereocenters. The predicted octanol–water partition coefficient (Wildman–Crippen LogP) is 3.26. The van der Waals surface area contributed by atoms with Gasteiger partial charge in [-0.05, 0) is 48.8 Å². The Bertz CT molecular complexity index is 520. The highest BCUT2D eigenvalue weighted by Gasteiger charge is 2.29. The summed E-state index contributed by atoms with van der Waals surface area (Å²) in [5.41, 5.74) is 6.99. The van der Waals surface area contributed by atoms with E-state index in [1.165, 1.54) is 12.1 Å². The van der Waals surface area contributed by atoms with Crippen molar-refractivity contribution in [2.45, 2.75) is 40.0 Å². The van der Waals surface area contributed by atoms with Crippen LogP contribution in [0.5, 0.6) is 5.75 Å². The Morgan fingerprint density at radius 3 is 2.67 bits per heavy atom. The average molecular weight is 290 g/mol. The number of nitrogen functional groups attached to an aromatic ring is 1. The lowest BCUT2D eigenvalue weighted by Crippen LogP contribution is -2.33. The summed E-state index contributed by atoms with van der Waals surface area (Å²) in [4.78, 5) is 14.5. The fourth-order valence-electron chi connectivity index (χ4n) is 3.07. The maximum atomic E-state index is 12.6. The molecule has 0 aliphatic carbocycles. The highest BCUT2D eigenvalue weighted by atomic mass is 16.3. The summed E-state index contributed by atoms with van der Waals surface area (Å²) in [6.45, 7) is 8.32. The molecule has 1 amide bonds. The molecule has 1 fully saturated rings. The van der Waals surface area contributed by atoms with Crippen LogP contribution in [0.3, 0.4) is 0 Å². The molecule has 1 atom stereocenters. The van der Waals surface area contributed by atoms with E-state index in [-0.39, 0.29) is 17.1 Å². The van der Waals surface area contributed by atoms with Gasteiger partial charge >= 0.3 is 0 Å². The van der Waals surface area contributed by atoms with Crippen molar-refractivity contribution < 1.29 is 9.90 Å². The molecule has 21 heavy (non-hydrogen) atoms. The molecular formula is C17H26N2O2. The van der Waals surface area contributed by atoms with Gasteiger partial charge in [-0.2, -0.15) is 0 Å². The summed E-state index contributed by atoms with van der Waals surface area (Å²) in [5.74, 6) is 0.643. The lowest BCUT2D eigenvalue weighted by atomic mass is 9.77. The summed E-state index contributed by atoms with van der Waals surface area (Å²) in [6, 6.07) is 4.55. The number of benzene rings is 1. The first-order chi connectivity index (χ1) is 9.79. The van der Waals surface area contributed by atoms with Gasteiger partial charge in [0.15, 0.2) is 0 Å². The number of nitrogens with zero attached hydrogens (tertiary/aromatic N) is 1. The van der Waals surface area contributed by atoms with Gasteiger partial charge in [-0.3, -0.25) is 4.79 Å². The van der Waals surface area contributed by atoms with E-state index < -0.39 is 0 Å². The predicted molar refractivity (Wildman–Crippen MR) is 85.2 cm³/mol. The molecule has 4 nitrogen and oxygen atoms in total. The van der Waals surface area contributed by atoms with Crippen molar-refractivity contribution in [2.24, 2.45) is 11.3 Å². The minimum atomic E-state index is -0.0713. The highest BCUT2D eigenvalue weighted by Crippen LogP contribution is 2.34.